The average Bonchev–Trinajstić information content (AvgIpc) is 3.15. The van der Waals surface area contributed by atoms with Gasteiger partial charge in [0.25, 0.3) is 5.91 Å². The van der Waals surface area contributed by atoms with E-state index in [2.05, 4.69) is 15.0 Å². The van der Waals surface area contributed by atoms with E-state index in [-0.39, 0.29) is 12.5 Å². The molecule has 3 heterocycles. The summed E-state index contributed by atoms with van der Waals surface area (Å²) < 4.78 is 5.01. The predicted molar refractivity (Wildman–Crippen MR) is 81.9 cm³/mol. The van der Waals surface area contributed by atoms with Crippen LogP contribution in [-0.4, -0.2) is 64.5 Å². The molecule has 8 heteroatoms. The highest BCUT2D eigenvalue weighted by Crippen LogP contribution is 2.10. The quantitative estimate of drug-likeness (QED) is 0.817. The van der Waals surface area contributed by atoms with Gasteiger partial charge in [-0.15, -0.1) is 0 Å². The first kappa shape index (κ1) is 15.0. The van der Waals surface area contributed by atoms with E-state index in [1.54, 1.807) is 41.7 Å². The molecule has 1 aliphatic rings. The summed E-state index contributed by atoms with van der Waals surface area (Å²) in [5.41, 5.74) is 0.337. The van der Waals surface area contributed by atoms with Crippen LogP contribution in [0.3, 0.4) is 0 Å². The summed E-state index contributed by atoms with van der Waals surface area (Å²) in [4.78, 5) is 38.6. The van der Waals surface area contributed by atoms with Gasteiger partial charge >= 0.3 is 5.97 Å². The van der Waals surface area contributed by atoms with E-state index < -0.39 is 5.97 Å². The number of anilines is 1. The molecule has 0 unspecified atom stereocenters. The molecule has 120 valence electrons. The van der Waals surface area contributed by atoms with Crippen molar-refractivity contribution in [1.82, 2.24) is 19.9 Å². The maximum absolute atomic E-state index is 12.1. The normalized spacial score (nSPS) is 14.6. The molecule has 8 nitrogen and oxygen atoms in total. The smallest absolute Gasteiger partial charge is 0.355 e. The molecule has 23 heavy (non-hydrogen) atoms. The minimum absolute atomic E-state index is 0.196. The van der Waals surface area contributed by atoms with Gasteiger partial charge in [-0.2, -0.15) is 0 Å². The molecule has 0 saturated carbocycles. The number of hydrogen-bond acceptors (Lipinski definition) is 6. The Morgan fingerprint density at radius 3 is 2.52 bits per heavy atom. The highest BCUT2D eigenvalue weighted by molar-refractivity contribution is 5.89. The number of ether oxygens (including phenoxy) is 1. The Morgan fingerprint density at radius 1 is 1.13 bits per heavy atom. The average molecular weight is 315 g/mol. The van der Waals surface area contributed by atoms with E-state index in [9.17, 15) is 9.59 Å². The van der Waals surface area contributed by atoms with Gasteiger partial charge in [0, 0.05) is 44.8 Å². The fraction of sp³-hybridized carbons (Fsp3) is 0.333. The second-order valence-corrected chi connectivity index (χ2v) is 5.08. The van der Waals surface area contributed by atoms with Gasteiger partial charge in [-0.3, -0.25) is 4.79 Å². The van der Waals surface area contributed by atoms with Gasteiger partial charge in [-0.05, 0) is 18.2 Å². The number of aromatic nitrogens is 3. The summed E-state index contributed by atoms with van der Waals surface area (Å²) in [6.07, 6.45) is 5.02. The molecule has 0 atom stereocenters. The van der Waals surface area contributed by atoms with Crippen molar-refractivity contribution in [2.75, 3.05) is 37.7 Å². The van der Waals surface area contributed by atoms with Gasteiger partial charge in [0.15, 0.2) is 6.61 Å². The molecule has 0 radical (unpaired) electrons. The standard InChI is InChI=1S/C15H17N5O3/c21-13(11-23-14(22)12-3-1-4-16-12)19-7-9-20(10-8-19)15-17-5-2-6-18-15/h1-6,16H,7-11H2. The van der Waals surface area contributed by atoms with E-state index in [0.717, 1.165) is 0 Å². The Balaban J connectivity index is 1.46. The monoisotopic (exact) mass is 315 g/mol. The van der Waals surface area contributed by atoms with Crippen LogP contribution in [0.5, 0.6) is 0 Å². The number of aromatic amines is 1. The summed E-state index contributed by atoms with van der Waals surface area (Å²) in [7, 11) is 0. The summed E-state index contributed by atoms with van der Waals surface area (Å²) in [5, 5.41) is 0. The van der Waals surface area contributed by atoms with Crippen molar-refractivity contribution in [3.63, 3.8) is 0 Å². The van der Waals surface area contributed by atoms with E-state index >= 15 is 0 Å². The Bertz CT molecular complexity index is 651. The summed E-state index contributed by atoms with van der Waals surface area (Å²) in [6.45, 7) is 2.16. The van der Waals surface area contributed by atoms with E-state index in [1.165, 1.54) is 0 Å². The molecular formula is C15H17N5O3. The first-order valence-electron chi connectivity index (χ1n) is 7.34. The lowest BCUT2D eigenvalue weighted by molar-refractivity contribution is -0.134. The molecule has 2 aromatic heterocycles. The first-order valence-corrected chi connectivity index (χ1v) is 7.34. The second-order valence-electron chi connectivity index (χ2n) is 5.08. The minimum atomic E-state index is -0.528. The van der Waals surface area contributed by atoms with Gasteiger partial charge in [0.05, 0.1) is 0 Å². The van der Waals surface area contributed by atoms with Crippen LogP contribution in [0.4, 0.5) is 5.95 Å². The number of piperazine rings is 1. The molecular weight excluding hydrogens is 298 g/mol. The number of H-pyrrole nitrogens is 1. The number of hydrogen-bond donors (Lipinski definition) is 1. The highest BCUT2D eigenvalue weighted by Gasteiger charge is 2.23. The van der Waals surface area contributed by atoms with Crippen molar-refractivity contribution in [2.45, 2.75) is 0 Å². The summed E-state index contributed by atoms with van der Waals surface area (Å²) in [6, 6.07) is 5.07. The zero-order chi connectivity index (χ0) is 16.1. The fourth-order valence-electron chi connectivity index (χ4n) is 2.36. The predicted octanol–water partition coefficient (Wildman–Crippen LogP) is 0.310. The number of esters is 1. The Hall–Kier alpha value is -2.90. The molecule has 1 saturated heterocycles. The molecule has 1 fully saturated rings. The Morgan fingerprint density at radius 2 is 1.87 bits per heavy atom. The highest BCUT2D eigenvalue weighted by atomic mass is 16.5. The second kappa shape index (κ2) is 6.91. The maximum atomic E-state index is 12.1. The van der Waals surface area contributed by atoms with E-state index in [4.69, 9.17) is 4.74 Å². The molecule has 0 spiro atoms. The molecule has 1 aliphatic heterocycles. The molecule has 1 N–H and O–H groups in total. The fourth-order valence-corrected chi connectivity index (χ4v) is 2.36. The topological polar surface area (TPSA) is 91.4 Å². The number of amides is 1. The molecule has 2 aromatic rings. The lowest BCUT2D eigenvalue weighted by Crippen LogP contribution is -2.50. The Kier molecular flexibility index (Phi) is 4.51. The van der Waals surface area contributed by atoms with Crippen LogP contribution in [0.2, 0.25) is 0 Å². The molecule has 1 amide bonds. The van der Waals surface area contributed by atoms with Crippen LogP contribution in [0.15, 0.2) is 36.8 Å². The lowest BCUT2D eigenvalue weighted by atomic mass is 10.3. The molecule has 0 bridgehead atoms. The van der Waals surface area contributed by atoms with Crippen LogP contribution < -0.4 is 4.90 Å². The summed E-state index contributed by atoms with van der Waals surface area (Å²) >= 11 is 0. The zero-order valence-corrected chi connectivity index (χ0v) is 12.5. The van der Waals surface area contributed by atoms with Gasteiger partial charge in [-0.25, -0.2) is 14.8 Å². The van der Waals surface area contributed by atoms with Gasteiger partial charge in [0.2, 0.25) is 5.95 Å². The van der Waals surface area contributed by atoms with E-state index in [1.807, 2.05) is 4.90 Å². The summed E-state index contributed by atoms with van der Waals surface area (Å²) in [5.74, 6) is -0.0593. The van der Waals surface area contributed by atoms with Crippen LogP contribution in [0.1, 0.15) is 10.5 Å². The number of nitrogens with one attached hydrogen (secondary N) is 1. The SMILES string of the molecule is O=C(OCC(=O)N1CCN(c2ncccn2)CC1)c1ccc[nH]1. The third-order valence-corrected chi connectivity index (χ3v) is 3.61. The Labute approximate surface area is 133 Å². The maximum Gasteiger partial charge on any atom is 0.355 e. The third kappa shape index (κ3) is 3.65. The molecule has 0 aliphatic carbocycles. The van der Waals surface area contributed by atoms with Crippen molar-refractivity contribution in [3.05, 3.63) is 42.5 Å². The van der Waals surface area contributed by atoms with Gasteiger partial charge < -0.3 is 19.5 Å². The third-order valence-electron chi connectivity index (χ3n) is 3.61. The van der Waals surface area contributed by atoms with Crippen LogP contribution in [-0.2, 0) is 9.53 Å². The lowest BCUT2D eigenvalue weighted by Gasteiger charge is -2.34. The van der Waals surface area contributed by atoms with E-state index in [0.29, 0.717) is 37.8 Å². The number of carbonyl (C=O) groups excluding carboxylic acids is 2. The first-order chi connectivity index (χ1) is 11.2. The van der Waals surface area contributed by atoms with Crippen molar-refractivity contribution in [3.8, 4) is 0 Å². The van der Waals surface area contributed by atoms with Gasteiger partial charge in [0.1, 0.15) is 5.69 Å². The number of rotatable bonds is 4. The zero-order valence-electron chi connectivity index (χ0n) is 12.5. The van der Waals surface area contributed by atoms with Crippen molar-refractivity contribution >= 4 is 17.8 Å². The van der Waals surface area contributed by atoms with Crippen LogP contribution >= 0.6 is 0 Å². The van der Waals surface area contributed by atoms with Crippen molar-refractivity contribution in [2.24, 2.45) is 0 Å². The van der Waals surface area contributed by atoms with Crippen LogP contribution in [0, 0.1) is 0 Å². The minimum Gasteiger partial charge on any atom is -0.451 e. The number of nitrogens with zero attached hydrogens (tertiary/aromatic N) is 4. The number of carbonyl (C=O) groups is 2. The van der Waals surface area contributed by atoms with Gasteiger partial charge in [-0.1, -0.05) is 0 Å². The van der Waals surface area contributed by atoms with Crippen LogP contribution in [0.25, 0.3) is 0 Å². The molecule has 0 aromatic carbocycles. The largest absolute Gasteiger partial charge is 0.451 e. The van der Waals surface area contributed by atoms with Crippen molar-refractivity contribution < 1.29 is 14.3 Å². The van der Waals surface area contributed by atoms with Crippen molar-refractivity contribution in [1.29, 1.82) is 0 Å². The molecule has 3 rings (SSSR count).